The predicted molar refractivity (Wildman–Crippen MR) is 163 cm³/mol. The second-order valence-corrected chi connectivity index (χ2v) is 11.5. The normalized spacial score (nSPS) is 17.1. The number of carbonyl (C=O) groups is 2. The van der Waals surface area contributed by atoms with Crippen molar-refractivity contribution in [2.75, 3.05) is 23.7 Å². The SMILES string of the molecule is CC(C)Nc1nc(C2c3ccccc3CCN2C(=O)[C@H](C)[C@@H](O)C(=O)N[C@H](C)c2ccc(N/C=C\C[NH3+])cc2)cs1. The summed E-state index contributed by atoms with van der Waals surface area (Å²) in [6.45, 7) is 8.75. The van der Waals surface area contributed by atoms with Crippen LogP contribution in [-0.2, 0) is 16.0 Å². The lowest BCUT2D eigenvalue weighted by molar-refractivity contribution is -0.352. The molecule has 0 spiro atoms. The Morgan fingerprint density at radius 2 is 1.88 bits per heavy atom. The number of hydrogen-bond acceptors (Lipinski definition) is 7. The fourth-order valence-electron chi connectivity index (χ4n) is 4.96. The summed E-state index contributed by atoms with van der Waals surface area (Å²) in [7, 11) is 0. The largest absolute Gasteiger partial charge is 0.382 e. The average molecular weight is 578 g/mol. The van der Waals surface area contributed by atoms with Crippen molar-refractivity contribution in [2.45, 2.75) is 58.3 Å². The van der Waals surface area contributed by atoms with Gasteiger partial charge in [-0.1, -0.05) is 43.3 Å². The number of carbonyl (C=O) groups excluding carboxylic acids is 2. The molecule has 0 bridgehead atoms. The molecule has 0 saturated carbocycles. The third kappa shape index (κ3) is 7.32. The van der Waals surface area contributed by atoms with Gasteiger partial charge in [-0.25, -0.2) is 4.98 Å². The Bertz CT molecular complexity index is 1360. The van der Waals surface area contributed by atoms with Crippen molar-refractivity contribution in [1.29, 1.82) is 0 Å². The number of aliphatic hydroxyl groups excluding tert-OH is 1. The van der Waals surface area contributed by atoms with Crippen molar-refractivity contribution in [3.63, 3.8) is 0 Å². The number of aromatic nitrogens is 1. The number of benzene rings is 2. The Labute approximate surface area is 245 Å². The minimum Gasteiger partial charge on any atom is -0.382 e. The molecule has 1 unspecified atom stereocenters. The summed E-state index contributed by atoms with van der Waals surface area (Å²) in [5.74, 6) is -1.80. The van der Waals surface area contributed by atoms with E-state index in [1.54, 1.807) is 11.8 Å². The molecule has 1 aliphatic heterocycles. The Morgan fingerprint density at radius 1 is 1.15 bits per heavy atom. The molecule has 41 heavy (non-hydrogen) atoms. The van der Waals surface area contributed by atoms with Crippen LogP contribution in [0.3, 0.4) is 0 Å². The molecule has 3 aromatic rings. The van der Waals surface area contributed by atoms with Crippen LogP contribution in [0.2, 0.25) is 0 Å². The van der Waals surface area contributed by atoms with Gasteiger partial charge in [0, 0.05) is 29.9 Å². The molecular formula is C31H41N6O3S+. The lowest BCUT2D eigenvalue weighted by atomic mass is 9.89. The second kappa shape index (κ2) is 13.8. The van der Waals surface area contributed by atoms with Gasteiger partial charge in [0.05, 0.1) is 24.2 Å². The maximum absolute atomic E-state index is 13.9. The van der Waals surface area contributed by atoms with Crippen LogP contribution >= 0.6 is 11.3 Å². The highest BCUT2D eigenvalue weighted by Crippen LogP contribution is 2.37. The molecule has 7 N–H and O–H groups in total. The van der Waals surface area contributed by atoms with Crippen LogP contribution in [0.15, 0.2) is 66.2 Å². The minimum atomic E-state index is -1.50. The Balaban J connectivity index is 1.47. The Morgan fingerprint density at radius 3 is 2.59 bits per heavy atom. The van der Waals surface area contributed by atoms with E-state index < -0.39 is 24.0 Å². The van der Waals surface area contributed by atoms with E-state index in [1.165, 1.54) is 16.9 Å². The van der Waals surface area contributed by atoms with Gasteiger partial charge in [0.1, 0.15) is 12.1 Å². The van der Waals surface area contributed by atoms with Gasteiger partial charge in [-0.3, -0.25) is 9.59 Å². The number of aliphatic hydroxyl groups is 1. The molecule has 0 fully saturated rings. The summed E-state index contributed by atoms with van der Waals surface area (Å²) < 4.78 is 0. The van der Waals surface area contributed by atoms with Crippen molar-refractivity contribution in [3.05, 3.63) is 88.6 Å². The number of nitrogens with zero attached hydrogens (tertiary/aromatic N) is 2. The van der Waals surface area contributed by atoms with Crippen LogP contribution in [-0.4, -0.2) is 52.0 Å². The Kier molecular flexibility index (Phi) is 10.1. The molecule has 1 aliphatic rings. The molecule has 0 radical (unpaired) electrons. The van der Waals surface area contributed by atoms with Gasteiger partial charge in [0.2, 0.25) is 11.8 Å². The first-order valence-electron chi connectivity index (χ1n) is 14.1. The molecule has 4 atom stereocenters. The van der Waals surface area contributed by atoms with Gasteiger partial charge in [-0.05, 0) is 62.1 Å². The maximum atomic E-state index is 13.9. The van der Waals surface area contributed by atoms with E-state index in [2.05, 4.69) is 41.6 Å². The smallest absolute Gasteiger partial charge is 0.250 e. The fraction of sp³-hybridized carbons (Fsp3) is 0.387. The van der Waals surface area contributed by atoms with Gasteiger partial charge >= 0.3 is 0 Å². The minimum absolute atomic E-state index is 0.233. The van der Waals surface area contributed by atoms with E-state index in [1.807, 2.05) is 67.0 Å². The van der Waals surface area contributed by atoms with E-state index in [-0.39, 0.29) is 18.0 Å². The highest BCUT2D eigenvalue weighted by Gasteiger charge is 2.39. The summed E-state index contributed by atoms with van der Waals surface area (Å²) in [5.41, 5.74) is 8.54. The monoisotopic (exact) mass is 577 g/mol. The molecule has 2 amide bonds. The summed E-state index contributed by atoms with van der Waals surface area (Å²) >= 11 is 1.51. The number of rotatable bonds is 11. The molecule has 10 heteroatoms. The zero-order valence-electron chi connectivity index (χ0n) is 24.1. The number of amides is 2. The van der Waals surface area contributed by atoms with Crippen LogP contribution in [0.1, 0.15) is 62.2 Å². The topological polar surface area (TPSA) is 134 Å². The lowest BCUT2D eigenvalue weighted by Crippen LogP contribution is -2.49. The predicted octanol–water partition coefficient (Wildman–Crippen LogP) is 3.48. The van der Waals surface area contributed by atoms with Crippen LogP contribution in [0.4, 0.5) is 10.8 Å². The van der Waals surface area contributed by atoms with E-state index in [9.17, 15) is 14.7 Å². The van der Waals surface area contributed by atoms with Gasteiger partial charge in [0.25, 0.3) is 0 Å². The quantitative estimate of drug-likeness (QED) is 0.237. The molecule has 2 aromatic carbocycles. The Hall–Kier alpha value is -3.73. The summed E-state index contributed by atoms with van der Waals surface area (Å²) in [6, 6.07) is 15.2. The van der Waals surface area contributed by atoms with Crippen molar-refractivity contribution in [3.8, 4) is 0 Å². The third-order valence-electron chi connectivity index (χ3n) is 7.22. The molecule has 0 aliphatic carbocycles. The fourth-order valence-corrected chi connectivity index (χ4v) is 5.84. The number of anilines is 2. The molecule has 1 aromatic heterocycles. The number of nitrogens with one attached hydrogen (secondary N) is 3. The van der Waals surface area contributed by atoms with E-state index in [4.69, 9.17) is 4.98 Å². The molecule has 218 valence electrons. The van der Waals surface area contributed by atoms with Gasteiger partial charge < -0.3 is 31.7 Å². The lowest BCUT2D eigenvalue weighted by Gasteiger charge is -2.38. The van der Waals surface area contributed by atoms with Crippen molar-refractivity contribution < 1.29 is 20.4 Å². The molecule has 9 nitrogen and oxygen atoms in total. The average Bonchev–Trinajstić information content (AvgIpc) is 3.43. The maximum Gasteiger partial charge on any atom is 0.250 e. The zero-order chi connectivity index (χ0) is 29.5. The van der Waals surface area contributed by atoms with Crippen molar-refractivity contribution in [2.24, 2.45) is 5.92 Å². The van der Waals surface area contributed by atoms with Crippen molar-refractivity contribution in [1.82, 2.24) is 15.2 Å². The highest BCUT2D eigenvalue weighted by atomic mass is 32.1. The standard InChI is InChI=1S/C31H40N6O3S/c1-19(2)34-31-36-26(18-41-31)27-25-9-6-5-8-23(25)14-17-37(27)30(40)20(3)28(38)29(39)35-21(4)22-10-12-24(13-11-22)33-16-7-15-32/h5-13,16,18-21,27-28,33,38H,14-15,17,32H2,1-4H3,(H,34,36)(H,35,39)/p+1/b16-7-/t20-,21-,27?,28-/m1/s1. The molecule has 2 heterocycles. The summed E-state index contributed by atoms with van der Waals surface area (Å²) in [6.07, 6.45) is 2.96. The van der Waals surface area contributed by atoms with E-state index in [0.29, 0.717) is 19.5 Å². The van der Waals surface area contributed by atoms with E-state index >= 15 is 0 Å². The van der Waals surface area contributed by atoms with Crippen LogP contribution in [0.5, 0.6) is 0 Å². The third-order valence-corrected chi connectivity index (χ3v) is 8.01. The first kappa shape index (κ1) is 30.2. The van der Waals surface area contributed by atoms with Crippen molar-refractivity contribution >= 4 is 34.0 Å². The summed E-state index contributed by atoms with van der Waals surface area (Å²) in [5, 5.41) is 23.1. The first-order valence-corrected chi connectivity index (χ1v) is 15.0. The second-order valence-electron chi connectivity index (χ2n) is 10.7. The summed E-state index contributed by atoms with van der Waals surface area (Å²) in [4.78, 5) is 33.5. The van der Waals surface area contributed by atoms with Crippen LogP contribution in [0, 0.1) is 5.92 Å². The molecule has 0 saturated heterocycles. The number of thiazole rings is 1. The molecule has 4 rings (SSSR count). The molecular weight excluding hydrogens is 536 g/mol. The first-order chi connectivity index (χ1) is 19.7. The van der Waals surface area contributed by atoms with Gasteiger partial charge in [-0.2, -0.15) is 0 Å². The number of quaternary nitrogens is 1. The highest BCUT2D eigenvalue weighted by molar-refractivity contribution is 7.13. The zero-order valence-corrected chi connectivity index (χ0v) is 24.9. The van der Waals surface area contributed by atoms with Crippen LogP contribution < -0.4 is 21.7 Å². The van der Waals surface area contributed by atoms with Gasteiger partial charge in [-0.15, -0.1) is 11.3 Å². The number of hydrogen-bond donors (Lipinski definition) is 5. The van der Waals surface area contributed by atoms with E-state index in [0.717, 1.165) is 27.6 Å². The van der Waals surface area contributed by atoms with Crippen LogP contribution in [0.25, 0.3) is 0 Å². The number of fused-ring (bicyclic) bond motifs is 1. The van der Waals surface area contributed by atoms with Gasteiger partial charge in [0.15, 0.2) is 5.13 Å².